The minimum atomic E-state index is -3.56. The molecule has 1 aromatic carbocycles. The number of esters is 1. The maximum atomic E-state index is 12.1. The second-order valence-corrected chi connectivity index (χ2v) is 6.64. The first-order valence-corrected chi connectivity index (χ1v) is 8.13. The Hall–Kier alpha value is -1.66. The molecule has 0 fully saturated rings. The fourth-order valence-electron chi connectivity index (χ4n) is 1.69. The van der Waals surface area contributed by atoms with Crippen LogP contribution < -0.4 is 4.72 Å². The molecule has 21 heavy (non-hydrogen) atoms. The molecule has 0 radical (unpaired) electrons. The number of rotatable bonds is 6. The Bertz CT molecular complexity index is 605. The fraction of sp³-hybridized carbons (Fsp3) is 0.400. The molecule has 0 aliphatic heterocycles. The molecule has 0 aliphatic carbocycles. The van der Waals surface area contributed by atoms with Crippen LogP contribution in [0.4, 0.5) is 0 Å². The van der Waals surface area contributed by atoms with Crippen LogP contribution in [0.15, 0.2) is 41.3 Å². The monoisotopic (exact) mass is 311 g/mol. The smallest absolute Gasteiger partial charge is 0.303 e. The van der Waals surface area contributed by atoms with Gasteiger partial charge in [-0.1, -0.05) is 23.8 Å². The average Bonchev–Trinajstić information content (AvgIpc) is 2.35. The van der Waals surface area contributed by atoms with E-state index >= 15 is 0 Å². The lowest BCUT2D eigenvalue weighted by Crippen LogP contribution is -2.31. The molecule has 0 heterocycles. The van der Waals surface area contributed by atoms with Crippen molar-refractivity contribution in [1.82, 2.24) is 4.72 Å². The van der Waals surface area contributed by atoms with Crippen LogP contribution in [-0.2, 0) is 19.6 Å². The standard InChI is InChI=1S/C15H21NO4S/c1-11-5-9-15(10-6-11)21(18,19)16-12(2)7-8-13(3)20-14(4)17/h5-10,12-13,16H,1-4H3/b8-7+/t12-,13+/m0/s1. The van der Waals surface area contributed by atoms with Gasteiger partial charge in [0.1, 0.15) is 6.10 Å². The van der Waals surface area contributed by atoms with Crippen molar-refractivity contribution < 1.29 is 17.9 Å². The van der Waals surface area contributed by atoms with Crippen LogP contribution in [0.3, 0.4) is 0 Å². The maximum Gasteiger partial charge on any atom is 0.303 e. The lowest BCUT2D eigenvalue weighted by atomic mass is 10.2. The van der Waals surface area contributed by atoms with Crippen molar-refractivity contribution in [2.24, 2.45) is 0 Å². The highest BCUT2D eigenvalue weighted by atomic mass is 32.2. The molecule has 6 heteroatoms. The Labute approximate surface area is 126 Å². The Kier molecular flexibility index (Phi) is 6.11. The molecule has 116 valence electrons. The Balaban J connectivity index is 2.69. The van der Waals surface area contributed by atoms with E-state index in [1.165, 1.54) is 6.92 Å². The summed E-state index contributed by atoms with van der Waals surface area (Å²) in [5.74, 6) is -0.375. The third-order valence-corrected chi connectivity index (χ3v) is 4.27. The third-order valence-electron chi connectivity index (χ3n) is 2.69. The highest BCUT2D eigenvalue weighted by molar-refractivity contribution is 7.89. The molecule has 0 spiro atoms. The first-order valence-electron chi connectivity index (χ1n) is 6.65. The van der Waals surface area contributed by atoms with E-state index in [4.69, 9.17) is 4.74 Å². The molecule has 0 bridgehead atoms. The molecule has 0 amide bonds. The van der Waals surface area contributed by atoms with Gasteiger partial charge in [-0.2, -0.15) is 0 Å². The van der Waals surface area contributed by atoms with Gasteiger partial charge < -0.3 is 4.74 Å². The van der Waals surface area contributed by atoms with E-state index in [1.54, 1.807) is 50.3 Å². The molecule has 0 aromatic heterocycles. The van der Waals surface area contributed by atoms with Crippen LogP contribution in [0.2, 0.25) is 0 Å². The lowest BCUT2D eigenvalue weighted by molar-refractivity contribution is -0.143. The van der Waals surface area contributed by atoms with Gasteiger partial charge in [-0.25, -0.2) is 13.1 Å². The Morgan fingerprint density at radius 2 is 1.76 bits per heavy atom. The number of carbonyl (C=O) groups excluding carboxylic acids is 1. The summed E-state index contributed by atoms with van der Waals surface area (Å²) in [6.07, 6.45) is 2.90. The van der Waals surface area contributed by atoms with Crippen molar-refractivity contribution in [3.8, 4) is 0 Å². The number of benzene rings is 1. The topological polar surface area (TPSA) is 72.5 Å². The largest absolute Gasteiger partial charge is 0.459 e. The van der Waals surface area contributed by atoms with Crippen LogP contribution in [0.25, 0.3) is 0 Å². The normalized spacial score (nSPS) is 14.9. The molecule has 1 aromatic rings. The number of aryl methyl sites for hydroxylation is 1. The van der Waals surface area contributed by atoms with E-state index in [-0.39, 0.29) is 10.9 Å². The molecular weight excluding hydrogens is 290 g/mol. The molecule has 0 saturated heterocycles. The minimum Gasteiger partial charge on any atom is -0.459 e. The van der Waals surface area contributed by atoms with Crippen LogP contribution in [-0.4, -0.2) is 26.5 Å². The quantitative estimate of drug-likeness (QED) is 0.645. The molecule has 2 atom stereocenters. The van der Waals surface area contributed by atoms with Gasteiger partial charge in [-0.05, 0) is 39.0 Å². The number of carbonyl (C=O) groups is 1. The van der Waals surface area contributed by atoms with Crippen molar-refractivity contribution in [3.63, 3.8) is 0 Å². The summed E-state index contributed by atoms with van der Waals surface area (Å²) in [5.41, 5.74) is 0.997. The summed E-state index contributed by atoms with van der Waals surface area (Å²) in [7, 11) is -3.56. The molecule has 1 N–H and O–H groups in total. The summed E-state index contributed by atoms with van der Waals surface area (Å²) < 4.78 is 31.8. The molecular formula is C15H21NO4S. The van der Waals surface area contributed by atoms with Crippen LogP contribution in [0.1, 0.15) is 26.3 Å². The second kappa shape index (κ2) is 7.38. The number of hydrogen-bond acceptors (Lipinski definition) is 4. The molecule has 5 nitrogen and oxygen atoms in total. The average molecular weight is 311 g/mol. The van der Waals surface area contributed by atoms with Gasteiger partial charge in [-0.15, -0.1) is 0 Å². The zero-order valence-electron chi connectivity index (χ0n) is 12.7. The van der Waals surface area contributed by atoms with E-state index in [2.05, 4.69) is 4.72 Å². The van der Waals surface area contributed by atoms with E-state index in [0.29, 0.717) is 0 Å². The van der Waals surface area contributed by atoms with Crippen molar-refractivity contribution in [2.75, 3.05) is 0 Å². The van der Waals surface area contributed by atoms with Crippen molar-refractivity contribution >= 4 is 16.0 Å². The van der Waals surface area contributed by atoms with Crippen molar-refractivity contribution in [1.29, 1.82) is 0 Å². The summed E-state index contributed by atoms with van der Waals surface area (Å²) >= 11 is 0. The summed E-state index contributed by atoms with van der Waals surface area (Å²) in [5, 5.41) is 0. The first kappa shape index (κ1) is 17.4. The van der Waals surface area contributed by atoms with Gasteiger partial charge in [0.25, 0.3) is 0 Å². The number of sulfonamides is 1. The molecule has 0 unspecified atom stereocenters. The van der Waals surface area contributed by atoms with Gasteiger partial charge in [0, 0.05) is 13.0 Å². The minimum absolute atomic E-state index is 0.224. The number of ether oxygens (including phenoxy) is 1. The van der Waals surface area contributed by atoms with E-state index < -0.39 is 22.2 Å². The third kappa shape index (κ3) is 6.10. The SMILES string of the molecule is CC(=O)O[C@H](C)/C=C/[C@H](C)NS(=O)(=O)c1ccc(C)cc1. The van der Waals surface area contributed by atoms with Gasteiger partial charge in [-0.3, -0.25) is 4.79 Å². The predicted octanol–water partition coefficient (Wildman–Crippen LogP) is 2.17. The highest BCUT2D eigenvalue weighted by Crippen LogP contribution is 2.10. The summed E-state index contributed by atoms with van der Waals surface area (Å²) in [4.78, 5) is 11.0. The zero-order valence-corrected chi connectivity index (χ0v) is 13.5. The number of hydrogen-bond donors (Lipinski definition) is 1. The molecule has 1 rings (SSSR count). The first-order chi connectivity index (χ1) is 9.70. The van der Waals surface area contributed by atoms with E-state index in [0.717, 1.165) is 5.56 Å². The van der Waals surface area contributed by atoms with Gasteiger partial charge >= 0.3 is 5.97 Å². The van der Waals surface area contributed by atoms with Crippen LogP contribution in [0, 0.1) is 6.92 Å². The van der Waals surface area contributed by atoms with E-state index in [9.17, 15) is 13.2 Å². The fourth-order valence-corrected chi connectivity index (χ4v) is 2.89. The van der Waals surface area contributed by atoms with Crippen molar-refractivity contribution in [3.05, 3.63) is 42.0 Å². The molecule has 0 aliphatic rings. The lowest BCUT2D eigenvalue weighted by Gasteiger charge is -2.12. The second-order valence-electron chi connectivity index (χ2n) is 4.92. The Morgan fingerprint density at radius 1 is 1.19 bits per heavy atom. The zero-order chi connectivity index (χ0) is 16.0. The maximum absolute atomic E-state index is 12.1. The summed E-state index contributed by atoms with van der Waals surface area (Å²) in [6.45, 7) is 6.64. The molecule has 0 saturated carbocycles. The summed E-state index contributed by atoms with van der Waals surface area (Å²) in [6, 6.07) is 6.22. The van der Waals surface area contributed by atoms with Gasteiger partial charge in [0.2, 0.25) is 10.0 Å². The Morgan fingerprint density at radius 3 is 2.29 bits per heavy atom. The van der Waals surface area contributed by atoms with E-state index in [1.807, 2.05) is 6.92 Å². The van der Waals surface area contributed by atoms with Gasteiger partial charge in [0.15, 0.2) is 0 Å². The predicted molar refractivity (Wildman–Crippen MR) is 81.3 cm³/mol. The highest BCUT2D eigenvalue weighted by Gasteiger charge is 2.15. The van der Waals surface area contributed by atoms with Crippen LogP contribution in [0.5, 0.6) is 0 Å². The van der Waals surface area contributed by atoms with Crippen LogP contribution >= 0.6 is 0 Å². The van der Waals surface area contributed by atoms with Crippen molar-refractivity contribution in [2.45, 2.75) is 44.7 Å². The number of nitrogens with one attached hydrogen (secondary N) is 1. The van der Waals surface area contributed by atoms with Gasteiger partial charge in [0.05, 0.1) is 4.90 Å².